The number of fused-ring (bicyclic) bond motifs is 2. The third-order valence-electron chi connectivity index (χ3n) is 6.06. The van der Waals surface area contributed by atoms with Gasteiger partial charge in [-0.1, -0.05) is 35.5 Å². The van der Waals surface area contributed by atoms with Crippen LogP contribution in [0.2, 0.25) is 0 Å². The molecule has 1 aromatic carbocycles. The Morgan fingerprint density at radius 2 is 2.10 bits per heavy atom. The number of Topliss-reactive ketones (excluding diaryl/α,β-unsaturated/α-hetero) is 2. The van der Waals surface area contributed by atoms with E-state index in [1.54, 1.807) is 6.07 Å². The molecule has 0 saturated carbocycles. The number of carbonyl (C=O) groups is 3. The second-order valence-corrected chi connectivity index (χ2v) is 8.08. The Morgan fingerprint density at radius 3 is 2.93 bits per heavy atom. The van der Waals surface area contributed by atoms with E-state index < -0.39 is 0 Å². The van der Waals surface area contributed by atoms with Crippen LogP contribution in [0.1, 0.15) is 60.9 Å². The quantitative estimate of drug-likeness (QED) is 0.820. The highest BCUT2D eigenvalue weighted by Crippen LogP contribution is 2.42. The van der Waals surface area contributed by atoms with Crippen molar-refractivity contribution in [1.82, 2.24) is 0 Å². The summed E-state index contributed by atoms with van der Waals surface area (Å²) in [5.74, 6) is 0.143. The number of hydrogen-bond acceptors (Lipinski definition) is 5. The van der Waals surface area contributed by atoms with Crippen molar-refractivity contribution in [2.24, 2.45) is 5.16 Å². The summed E-state index contributed by atoms with van der Waals surface area (Å²) in [5, 5.41) is 7.12. The molecule has 1 aromatic rings. The highest BCUT2D eigenvalue weighted by Gasteiger charge is 2.32. The van der Waals surface area contributed by atoms with Crippen molar-refractivity contribution in [3.05, 3.63) is 58.7 Å². The van der Waals surface area contributed by atoms with Gasteiger partial charge in [0.15, 0.2) is 5.78 Å². The third kappa shape index (κ3) is 3.32. The van der Waals surface area contributed by atoms with Crippen LogP contribution in [0, 0.1) is 0 Å². The van der Waals surface area contributed by atoms with Gasteiger partial charge in [0, 0.05) is 41.6 Å². The maximum Gasteiger partial charge on any atom is 0.228 e. The minimum Gasteiger partial charge on any atom is -0.391 e. The molecule has 5 rings (SSSR count). The summed E-state index contributed by atoms with van der Waals surface area (Å²) in [7, 11) is 0. The fourth-order valence-electron chi connectivity index (χ4n) is 4.55. The Morgan fingerprint density at radius 1 is 1.20 bits per heavy atom. The number of anilines is 1. The van der Waals surface area contributed by atoms with Crippen LogP contribution in [-0.2, 0) is 14.4 Å². The monoisotopic (exact) mass is 402 g/mol. The van der Waals surface area contributed by atoms with Gasteiger partial charge in [-0.25, -0.2) is 0 Å². The van der Waals surface area contributed by atoms with Gasteiger partial charge < -0.3 is 10.2 Å². The minimum absolute atomic E-state index is 0.0665. The SMILES string of the molecule is O=C1CC=C(C2=NOC(CC(=O)Nc3cccc4c3C3=C(CCC=C3)C4=O)C2)CC1. The van der Waals surface area contributed by atoms with E-state index in [-0.39, 0.29) is 30.0 Å². The molecule has 1 N–H and O–H groups in total. The lowest BCUT2D eigenvalue weighted by Gasteiger charge is -2.14. The molecule has 1 aliphatic heterocycles. The van der Waals surface area contributed by atoms with E-state index in [0.29, 0.717) is 36.9 Å². The predicted molar refractivity (Wildman–Crippen MR) is 113 cm³/mol. The Labute approximate surface area is 174 Å². The summed E-state index contributed by atoms with van der Waals surface area (Å²) in [6.07, 6.45) is 9.69. The first-order valence-corrected chi connectivity index (χ1v) is 10.4. The van der Waals surface area contributed by atoms with Crippen LogP contribution in [0.15, 0.2) is 52.7 Å². The number of oxime groups is 1. The standard InChI is InChI=1S/C24H22N2O4/c27-15-10-8-14(9-11-15)21-12-16(30-26-21)13-22(28)25-20-7-3-6-19-23(20)17-4-1-2-5-18(17)24(19)29/h1,3-4,6-8,16H,2,5,9-13H2,(H,25,28). The van der Waals surface area contributed by atoms with Crippen LogP contribution >= 0.6 is 0 Å². The summed E-state index contributed by atoms with van der Waals surface area (Å²) in [6.45, 7) is 0. The summed E-state index contributed by atoms with van der Waals surface area (Å²) in [4.78, 5) is 42.3. The van der Waals surface area contributed by atoms with Gasteiger partial charge in [-0.3, -0.25) is 14.4 Å². The number of nitrogens with one attached hydrogen (secondary N) is 1. The minimum atomic E-state index is -0.318. The molecule has 4 aliphatic rings. The Bertz CT molecular complexity index is 1090. The normalized spacial score (nSPS) is 22.3. The van der Waals surface area contributed by atoms with E-state index in [1.807, 2.05) is 24.3 Å². The average Bonchev–Trinajstić information content (AvgIpc) is 3.33. The van der Waals surface area contributed by atoms with E-state index in [0.717, 1.165) is 40.8 Å². The first-order chi connectivity index (χ1) is 14.6. The predicted octanol–water partition coefficient (Wildman–Crippen LogP) is 4.14. The highest BCUT2D eigenvalue weighted by molar-refractivity contribution is 6.24. The number of carbonyl (C=O) groups excluding carboxylic acids is 3. The van der Waals surface area contributed by atoms with Crippen molar-refractivity contribution in [2.75, 3.05) is 5.32 Å². The summed E-state index contributed by atoms with van der Waals surface area (Å²) in [6, 6.07) is 5.46. The lowest BCUT2D eigenvalue weighted by molar-refractivity contribution is -0.119. The molecule has 6 heteroatoms. The molecule has 1 heterocycles. The van der Waals surface area contributed by atoms with E-state index in [9.17, 15) is 14.4 Å². The van der Waals surface area contributed by atoms with Crippen LogP contribution in [0.25, 0.3) is 5.57 Å². The zero-order valence-corrected chi connectivity index (χ0v) is 16.6. The topological polar surface area (TPSA) is 84.8 Å². The summed E-state index contributed by atoms with van der Waals surface area (Å²) < 4.78 is 0. The van der Waals surface area contributed by atoms with E-state index in [4.69, 9.17) is 4.84 Å². The molecule has 1 amide bonds. The maximum absolute atomic E-state index is 12.7. The smallest absolute Gasteiger partial charge is 0.228 e. The largest absolute Gasteiger partial charge is 0.391 e. The number of ketones is 2. The van der Waals surface area contributed by atoms with Crippen molar-refractivity contribution >= 4 is 34.4 Å². The number of nitrogens with zero attached hydrogens (tertiary/aromatic N) is 1. The fourth-order valence-corrected chi connectivity index (χ4v) is 4.55. The molecular formula is C24H22N2O4. The molecule has 6 nitrogen and oxygen atoms in total. The molecule has 0 saturated heterocycles. The third-order valence-corrected chi connectivity index (χ3v) is 6.06. The van der Waals surface area contributed by atoms with Gasteiger partial charge in [0.2, 0.25) is 5.91 Å². The van der Waals surface area contributed by atoms with Crippen LogP contribution < -0.4 is 5.32 Å². The molecule has 1 unspecified atom stereocenters. The first-order valence-electron chi connectivity index (χ1n) is 10.4. The van der Waals surface area contributed by atoms with Gasteiger partial charge in [0.25, 0.3) is 0 Å². The molecule has 1 atom stereocenters. The highest BCUT2D eigenvalue weighted by atomic mass is 16.6. The molecule has 3 aliphatic carbocycles. The average molecular weight is 402 g/mol. The van der Waals surface area contributed by atoms with Crippen molar-refractivity contribution in [3.8, 4) is 0 Å². The molecule has 0 fully saturated rings. The van der Waals surface area contributed by atoms with E-state index in [2.05, 4.69) is 16.5 Å². The number of allylic oxidation sites excluding steroid dienone is 6. The zero-order chi connectivity index (χ0) is 20.7. The van der Waals surface area contributed by atoms with Crippen molar-refractivity contribution in [3.63, 3.8) is 0 Å². The molecule has 0 radical (unpaired) electrons. The van der Waals surface area contributed by atoms with Crippen LogP contribution in [0.3, 0.4) is 0 Å². The molecule has 0 spiro atoms. The number of amides is 1. The fraction of sp³-hybridized carbons (Fsp3) is 0.333. The summed E-state index contributed by atoms with van der Waals surface area (Å²) in [5.41, 5.74) is 5.81. The lowest BCUT2D eigenvalue weighted by Crippen LogP contribution is -2.21. The molecule has 0 bridgehead atoms. The Balaban J connectivity index is 1.26. The van der Waals surface area contributed by atoms with Gasteiger partial charge in [0.05, 0.1) is 12.1 Å². The zero-order valence-electron chi connectivity index (χ0n) is 16.6. The van der Waals surface area contributed by atoms with Gasteiger partial charge in [-0.2, -0.15) is 0 Å². The van der Waals surface area contributed by atoms with Crippen molar-refractivity contribution in [2.45, 2.75) is 51.0 Å². The molecule has 30 heavy (non-hydrogen) atoms. The van der Waals surface area contributed by atoms with Gasteiger partial charge in [-0.15, -0.1) is 0 Å². The van der Waals surface area contributed by atoms with Crippen LogP contribution in [-0.4, -0.2) is 29.3 Å². The summed E-state index contributed by atoms with van der Waals surface area (Å²) >= 11 is 0. The molecule has 0 aromatic heterocycles. The lowest BCUT2D eigenvalue weighted by atomic mass is 9.92. The van der Waals surface area contributed by atoms with Gasteiger partial charge in [-0.05, 0) is 36.5 Å². The van der Waals surface area contributed by atoms with Crippen LogP contribution in [0.4, 0.5) is 5.69 Å². The number of benzene rings is 1. The van der Waals surface area contributed by atoms with Crippen molar-refractivity contribution in [1.29, 1.82) is 0 Å². The van der Waals surface area contributed by atoms with Gasteiger partial charge >= 0.3 is 0 Å². The number of hydrogen-bond donors (Lipinski definition) is 1. The van der Waals surface area contributed by atoms with E-state index in [1.165, 1.54) is 0 Å². The Hall–Kier alpha value is -3.28. The molecular weight excluding hydrogens is 380 g/mol. The maximum atomic E-state index is 12.7. The number of rotatable bonds is 4. The van der Waals surface area contributed by atoms with E-state index >= 15 is 0 Å². The second-order valence-electron chi connectivity index (χ2n) is 8.08. The molecule has 152 valence electrons. The van der Waals surface area contributed by atoms with Gasteiger partial charge in [0.1, 0.15) is 11.9 Å². The Kier molecular flexibility index (Phi) is 4.69. The van der Waals surface area contributed by atoms with Crippen LogP contribution in [0.5, 0.6) is 0 Å². The second kappa shape index (κ2) is 7.52. The van der Waals surface area contributed by atoms with Crippen molar-refractivity contribution < 1.29 is 19.2 Å². The first kappa shape index (κ1) is 18.7.